The van der Waals surface area contributed by atoms with E-state index in [2.05, 4.69) is 10.5 Å². The Balaban J connectivity index is 2.33. The number of ether oxygens (including phenoxy) is 2. The molecule has 0 fully saturated rings. The van der Waals surface area contributed by atoms with Gasteiger partial charge in [0, 0.05) is 18.8 Å². The SMILES string of the molecule is CCOC(O[Si])(OCC)c1ccc(-c2cccc(F)c2)cc1. The van der Waals surface area contributed by atoms with Crippen LogP contribution >= 0.6 is 0 Å². The minimum absolute atomic E-state index is 0.261. The summed E-state index contributed by atoms with van der Waals surface area (Å²) in [7, 11) is 3.04. The minimum Gasteiger partial charge on any atom is -0.367 e. The molecule has 2 rings (SSSR count). The minimum atomic E-state index is -1.29. The Morgan fingerprint density at radius 1 is 0.955 bits per heavy atom. The molecule has 0 saturated carbocycles. The van der Waals surface area contributed by atoms with Crippen LogP contribution in [0.1, 0.15) is 19.4 Å². The van der Waals surface area contributed by atoms with Gasteiger partial charge in [0.05, 0.1) is 0 Å². The number of hydrogen-bond acceptors (Lipinski definition) is 3. The molecule has 0 aliphatic carbocycles. The van der Waals surface area contributed by atoms with Crippen LogP contribution in [-0.2, 0) is 19.9 Å². The van der Waals surface area contributed by atoms with E-state index >= 15 is 0 Å². The van der Waals surface area contributed by atoms with Crippen LogP contribution in [0.2, 0.25) is 0 Å². The summed E-state index contributed by atoms with van der Waals surface area (Å²) in [4.78, 5) is 0. The van der Waals surface area contributed by atoms with Crippen LogP contribution in [0.15, 0.2) is 48.5 Å². The van der Waals surface area contributed by atoms with Crippen LogP contribution in [0.25, 0.3) is 11.1 Å². The fourth-order valence-corrected chi connectivity index (χ4v) is 2.48. The molecular weight excluding hydrogens is 299 g/mol. The average Bonchev–Trinajstić information content (AvgIpc) is 2.55. The van der Waals surface area contributed by atoms with E-state index in [0.29, 0.717) is 18.8 Å². The number of benzene rings is 2. The fourth-order valence-electron chi connectivity index (χ4n) is 2.24. The van der Waals surface area contributed by atoms with Gasteiger partial charge in [0.2, 0.25) is 0 Å². The van der Waals surface area contributed by atoms with Crippen LogP contribution in [0.4, 0.5) is 4.39 Å². The van der Waals surface area contributed by atoms with Gasteiger partial charge in [-0.05, 0) is 37.1 Å². The second-order valence-corrected chi connectivity index (χ2v) is 4.82. The topological polar surface area (TPSA) is 27.7 Å². The molecule has 2 aromatic rings. The molecule has 0 unspecified atom stereocenters. The van der Waals surface area contributed by atoms with E-state index in [1.165, 1.54) is 12.1 Å². The predicted octanol–water partition coefficient (Wildman–Crippen LogP) is 3.78. The molecule has 0 amide bonds. The molecule has 0 saturated heterocycles. The first kappa shape index (κ1) is 16.8. The number of rotatable bonds is 7. The van der Waals surface area contributed by atoms with Crippen LogP contribution in [0.3, 0.4) is 0 Å². The second kappa shape index (κ2) is 7.65. The normalized spacial score (nSPS) is 11.6. The third-order valence-corrected chi connectivity index (χ3v) is 3.47. The molecule has 0 aromatic heterocycles. The summed E-state index contributed by atoms with van der Waals surface area (Å²) in [5, 5.41) is 0. The van der Waals surface area contributed by atoms with Crippen LogP contribution in [0.5, 0.6) is 0 Å². The molecule has 115 valence electrons. The Morgan fingerprint density at radius 2 is 1.59 bits per heavy atom. The highest BCUT2D eigenvalue weighted by Crippen LogP contribution is 2.30. The second-order valence-electron chi connectivity index (χ2n) is 4.61. The molecular formula is C17H18FO3Si. The van der Waals surface area contributed by atoms with Gasteiger partial charge >= 0.3 is 5.97 Å². The fraction of sp³-hybridized carbons (Fsp3) is 0.294. The summed E-state index contributed by atoms with van der Waals surface area (Å²) >= 11 is 0. The Labute approximate surface area is 133 Å². The first-order chi connectivity index (χ1) is 10.6. The lowest BCUT2D eigenvalue weighted by molar-refractivity contribution is -0.352. The lowest BCUT2D eigenvalue weighted by atomic mass is 10.0. The first-order valence-electron chi connectivity index (χ1n) is 7.14. The van der Waals surface area contributed by atoms with E-state index in [1.807, 2.05) is 44.2 Å². The Bertz CT molecular complexity index is 595. The largest absolute Gasteiger partial charge is 0.367 e. The molecule has 0 aliphatic rings. The molecule has 3 radical (unpaired) electrons. The van der Waals surface area contributed by atoms with E-state index in [-0.39, 0.29) is 5.82 Å². The van der Waals surface area contributed by atoms with Gasteiger partial charge in [0.1, 0.15) is 5.82 Å². The molecule has 22 heavy (non-hydrogen) atoms. The molecule has 0 spiro atoms. The first-order valence-corrected chi connectivity index (χ1v) is 7.55. The summed E-state index contributed by atoms with van der Waals surface area (Å²) in [6, 6.07) is 13.9. The quantitative estimate of drug-likeness (QED) is 0.574. The van der Waals surface area contributed by atoms with E-state index in [4.69, 9.17) is 13.9 Å². The zero-order valence-electron chi connectivity index (χ0n) is 12.6. The van der Waals surface area contributed by atoms with Crippen LogP contribution < -0.4 is 0 Å². The number of hydrogen-bond donors (Lipinski definition) is 0. The van der Waals surface area contributed by atoms with Gasteiger partial charge in [-0.3, -0.25) is 0 Å². The maximum absolute atomic E-state index is 13.3. The van der Waals surface area contributed by atoms with Crippen molar-refractivity contribution in [2.24, 2.45) is 0 Å². The van der Waals surface area contributed by atoms with Crippen molar-refractivity contribution < 1.29 is 18.3 Å². The van der Waals surface area contributed by atoms with Gasteiger partial charge in [-0.1, -0.05) is 36.4 Å². The summed E-state index contributed by atoms with van der Waals surface area (Å²) in [6.45, 7) is 4.58. The molecule has 5 heteroatoms. The van der Waals surface area contributed by atoms with Gasteiger partial charge in [0.25, 0.3) is 10.5 Å². The van der Waals surface area contributed by atoms with Gasteiger partial charge in [-0.2, -0.15) is 0 Å². The Hall–Kier alpha value is -1.53. The van der Waals surface area contributed by atoms with Gasteiger partial charge < -0.3 is 13.9 Å². The van der Waals surface area contributed by atoms with Crippen LogP contribution in [0, 0.1) is 5.82 Å². The molecule has 0 N–H and O–H groups in total. The van der Waals surface area contributed by atoms with Crippen molar-refractivity contribution in [3.63, 3.8) is 0 Å². The van der Waals surface area contributed by atoms with Crippen molar-refractivity contribution in [1.82, 2.24) is 0 Å². The summed E-state index contributed by atoms with van der Waals surface area (Å²) in [6.07, 6.45) is 0. The van der Waals surface area contributed by atoms with Crippen molar-refractivity contribution >= 4 is 10.5 Å². The van der Waals surface area contributed by atoms with Crippen molar-refractivity contribution in [2.75, 3.05) is 13.2 Å². The van der Waals surface area contributed by atoms with E-state index < -0.39 is 5.97 Å². The lowest BCUT2D eigenvalue weighted by Gasteiger charge is -2.31. The molecule has 3 nitrogen and oxygen atoms in total. The van der Waals surface area contributed by atoms with Crippen LogP contribution in [-0.4, -0.2) is 23.7 Å². The molecule has 0 heterocycles. The maximum Gasteiger partial charge on any atom is 0.302 e. The molecule has 0 atom stereocenters. The Kier molecular flexibility index (Phi) is 5.85. The zero-order chi connectivity index (χ0) is 16.0. The summed E-state index contributed by atoms with van der Waals surface area (Å²) in [5.41, 5.74) is 2.43. The highest BCUT2D eigenvalue weighted by Gasteiger charge is 2.33. The van der Waals surface area contributed by atoms with Crippen molar-refractivity contribution in [3.8, 4) is 11.1 Å². The standard InChI is InChI=1S/C17H18FO3Si/c1-3-19-17(21-22,20-4-2)15-10-8-13(9-11-15)14-6-5-7-16(18)12-14/h5-12H,3-4H2,1-2H3. The zero-order valence-corrected chi connectivity index (χ0v) is 13.6. The van der Waals surface area contributed by atoms with E-state index in [0.717, 1.165) is 11.1 Å². The van der Waals surface area contributed by atoms with E-state index in [1.54, 1.807) is 6.07 Å². The predicted molar refractivity (Wildman–Crippen MR) is 83.6 cm³/mol. The van der Waals surface area contributed by atoms with Crippen molar-refractivity contribution in [2.45, 2.75) is 19.8 Å². The molecule has 0 bridgehead atoms. The van der Waals surface area contributed by atoms with Gasteiger partial charge in [-0.15, -0.1) is 0 Å². The molecule has 0 aliphatic heterocycles. The monoisotopic (exact) mass is 317 g/mol. The highest BCUT2D eigenvalue weighted by atomic mass is 28.2. The third-order valence-electron chi connectivity index (χ3n) is 3.20. The van der Waals surface area contributed by atoms with Gasteiger partial charge in [-0.25, -0.2) is 4.39 Å². The number of halogens is 1. The summed E-state index contributed by atoms with van der Waals surface area (Å²) in [5.74, 6) is -1.55. The highest BCUT2D eigenvalue weighted by molar-refractivity contribution is 5.98. The molecule has 2 aromatic carbocycles. The lowest BCUT2D eigenvalue weighted by Crippen LogP contribution is -2.35. The smallest absolute Gasteiger partial charge is 0.302 e. The maximum atomic E-state index is 13.3. The Morgan fingerprint density at radius 3 is 2.09 bits per heavy atom. The average molecular weight is 317 g/mol. The van der Waals surface area contributed by atoms with E-state index in [9.17, 15) is 4.39 Å². The van der Waals surface area contributed by atoms with Crippen molar-refractivity contribution in [1.29, 1.82) is 0 Å². The summed E-state index contributed by atoms with van der Waals surface area (Å²) < 4.78 is 29.8. The van der Waals surface area contributed by atoms with Gasteiger partial charge in [0.15, 0.2) is 0 Å². The van der Waals surface area contributed by atoms with Crippen molar-refractivity contribution in [3.05, 3.63) is 59.9 Å². The third kappa shape index (κ3) is 3.62.